The second kappa shape index (κ2) is 6.64. The van der Waals surface area contributed by atoms with Crippen LogP contribution in [-0.4, -0.2) is 29.2 Å². The molecule has 0 spiro atoms. The number of hydrogen-bond donors (Lipinski definition) is 1. The summed E-state index contributed by atoms with van der Waals surface area (Å²) >= 11 is 0. The van der Waals surface area contributed by atoms with Crippen molar-refractivity contribution in [2.75, 3.05) is 18.5 Å². The van der Waals surface area contributed by atoms with Crippen LogP contribution in [0.4, 0.5) is 5.69 Å². The van der Waals surface area contributed by atoms with Gasteiger partial charge in [0.25, 0.3) is 5.56 Å². The lowest BCUT2D eigenvalue weighted by atomic mass is 10.1. The molecule has 5 nitrogen and oxygen atoms in total. The Morgan fingerprint density at radius 2 is 2.00 bits per heavy atom. The van der Waals surface area contributed by atoms with Crippen LogP contribution < -0.4 is 10.5 Å². The van der Waals surface area contributed by atoms with Crippen molar-refractivity contribution < 1.29 is 9.90 Å². The van der Waals surface area contributed by atoms with Crippen LogP contribution in [0.2, 0.25) is 0 Å². The lowest BCUT2D eigenvalue weighted by Gasteiger charge is -2.20. The summed E-state index contributed by atoms with van der Waals surface area (Å²) in [5, 5.41) is 9.75. The minimum absolute atomic E-state index is 0.00758. The molecule has 0 aliphatic heterocycles. The number of carboxylic acid groups (broad SMARTS) is 1. The van der Waals surface area contributed by atoms with Crippen LogP contribution in [0.15, 0.2) is 35.1 Å². The molecule has 0 amide bonds. The van der Waals surface area contributed by atoms with Gasteiger partial charge in [-0.1, -0.05) is 13.8 Å². The third kappa shape index (κ3) is 3.67. The number of fused-ring (bicyclic) bond motifs is 1. The van der Waals surface area contributed by atoms with Crippen LogP contribution in [-0.2, 0) is 11.3 Å². The van der Waals surface area contributed by atoms with Gasteiger partial charge in [-0.05, 0) is 30.2 Å². The van der Waals surface area contributed by atoms with E-state index in [4.69, 9.17) is 5.11 Å². The smallest absolute Gasteiger partial charge is 0.305 e. The number of aliphatic carboxylic acids is 1. The lowest BCUT2D eigenvalue weighted by Crippen LogP contribution is -2.23. The second-order valence-electron chi connectivity index (χ2n) is 5.98. The van der Waals surface area contributed by atoms with Gasteiger partial charge in [0.2, 0.25) is 0 Å². The molecule has 2 rings (SSSR count). The molecule has 22 heavy (non-hydrogen) atoms. The average molecular weight is 302 g/mol. The van der Waals surface area contributed by atoms with E-state index in [1.165, 1.54) is 0 Å². The predicted octanol–water partition coefficient (Wildman–Crippen LogP) is 2.57. The molecule has 0 saturated heterocycles. The molecular weight excluding hydrogens is 280 g/mol. The molecule has 0 fully saturated rings. The van der Waals surface area contributed by atoms with E-state index in [9.17, 15) is 9.59 Å². The fourth-order valence-corrected chi connectivity index (χ4v) is 2.47. The molecule has 1 aromatic carbocycles. The molecule has 1 aromatic heterocycles. The van der Waals surface area contributed by atoms with Crippen LogP contribution >= 0.6 is 0 Å². The highest BCUT2D eigenvalue weighted by Gasteiger charge is 2.08. The number of carbonyl (C=O) groups is 1. The zero-order valence-electron chi connectivity index (χ0n) is 13.2. The van der Waals surface area contributed by atoms with Crippen LogP contribution in [0.25, 0.3) is 10.9 Å². The van der Waals surface area contributed by atoms with E-state index in [1.807, 2.05) is 36.2 Å². The first-order chi connectivity index (χ1) is 10.4. The van der Waals surface area contributed by atoms with Crippen molar-refractivity contribution in [3.63, 3.8) is 0 Å². The van der Waals surface area contributed by atoms with E-state index >= 15 is 0 Å². The van der Waals surface area contributed by atoms with Crippen molar-refractivity contribution in [3.8, 4) is 0 Å². The van der Waals surface area contributed by atoms with Gasteiger partial charge >= 0.3 is 5.97 Å². The normalized spacial score (nSPS) is 11.1. The van der Waals surface area contributed by atoms with E-state index in [2.05, 4.69) is 13.8 Å². The molecule has 0 bridgehead atoms. The first-order valence-corrected chi connectivity index (χ1v) is 7.45. The molecule has 2 aromatic rings. The Labute approximate surface area is 129 Å². The maximum Gasteiger partial charge on any atom is 0.305 e. The number of aromatic nitrogens is 1. The maximum absolute atomic E-state index is 12.1. The molecule has 1 heterocycles. The van der Waals surface area contributed by atoms with Crippen molar-refractivity contribution in [2.45, 2.75) is 26.8 Å². The van der Waals surface area contributed by atoms with Gasteiger partial charge < -0.3 is 14.6 Å². The Bertz CT molecular complexity index is 734. The topological polar surface area (TPSA) is 62.5 Å². The zero-order valence-corrected chi connectivity index (χ0v) is 13.2. The summed E-state index contributed by atoms with van der Waals surface area (Å²) in [5.41, 5.74) is 1.87. The van der Waals surface area contributed by atoms with Gasteiger partial charge in [0.05, 0.1) is 11.9 Å². The van der Waals surface area contributed by atoms with Gasteiger partial charge in [-0.25, -0.2) is 0 Å². The van der Waals surface area contributed by atoms with Crippen molar-refractivity contribution in [1.29, 1.82) is 0 Å². The van der Waals surface area contributed by atoms with Gasteiger partial charge in [0, 0.05) is 37.3 Å². The Hall–Kier alpha value is -2.30. The largest absolute Gasteiger partial charge is 0.481 e. The molecule has 0 atom stereocenters. The van der Waals surface area contributed by atoms with Crippen LogP contribution in [0.5, 0.6) is 0 Å². The number of anilines is 1. The number of hydrogen-bond acceptors (Lipinski definition) is 3. The summed E-state index contributed by atoms with van der Waals surface area (Å²) in [6.45, 7) is 5.30. The number of benzene rings is 1. The summed E-state index contributed by atoms with van der Waals surface area (Å²) in [6, 6.07) is 9.27. The Kier molecular flexibility index (Phi) is 4.85. The van der Waals surface area contributed by atoms with E-state index in [0.717, 1.165) is 16.6 Å². The SMILES string of the molecule is CC(C)Cn1c(=O)ccc2cc(N(C)CCC(=O)O)ccc21. The van der Waals surface area contributed by atoms with Crippen LogP contribution in [0, 0.1) is 5.92 Å². The summed E-state index contributed by atoms with van der Waals surface area (Å²) in [4.78, 5) is 24.6. The highest BCUT2D eigenvalue weighted by Crippen LogP contribution is 2.21. The van der Waals surface area contributed by atoms with Crippen LogP contribution in [0.3, 0.4) is 0 Å². The van der Waals surface area contributed by atoms with Crippen molar-refractivity contribution >= 4 is 22.6 Å². The lowest BCUT2D eigenvalue weighted by molar-refractivity contribution is -0.136. The van der Waals surface area contributed by atoms with Gasteiger partial charge in [0.15, 0.2) is 0 Å². The fraction of sp³-hybridized carbons (Fsp3) is 0.412. The molecule has 0 aliphatic carbocycles. The third-order valence-corrected chi connectivity index (χ3v) is 3.62. The number of nitrogens with zero attached hydrogens (tertiary/aromatic N) is 2. The van der Waals surface area contributed by atoms with Gasteiger partial charge in [-0.2, -0.15) is 0 Å². The highest BCUT2D eigenvalue weighted by atomic mass is 16.4. The molecule has 0 unspecified atom stereocenters. The monoisotopic (exact) mass is 302 g/mol. The van der Waals surface area contributed by atoms with Crippen molar-refractivity contribution in [1.82, 2.24) is 4.57 Å². The highest BCUT2D eigenvalue weighted by molar-refractivity contribution is 5.83. The number of rotatable bonds is 6. The Morgan fingerprint density at radius 3 is 2.64 bits per heavy atom. The minimum Gasteiger partial charge on any atom is -0.481 e. The van der Waals surface area contributed by atoms with Crippen molar-refractivity contribution in [2.24, 2.45) is 5.92 Å². The molecule has 0 radical (unpaired) electrons. The van der Waals surface area contributed by atoms with Gasteiger partial charge in [0.1, 0.15) is 0 Å². The van der Waals surface area contributed by atoms with E-state index in [0.29, 0.717) is 19.0 Å². The summed E-state index contributed by atoms with van der Waals surface area (Å²) < 4.78 is 1.79. The summed E-state index contributed by atoms with van der Waals surface area (Å²) in [6.07, 6.45) is 0.0986. The molecule has 118 valence electrons. The van der Waals surface area contributed by atoms with Crippen molar-refractivity contribution in [3.05, 3.63) is 40.7 Å². The van der Waals surface area contributed by atoms with Crippen LogP contribution in [0.1, 0.15) is 20.3 Å². The molecular formula is C17H22N2O3. The summed E-state index contributed by atoms with van der Waals surface area (Å²) in [7, 11) is 1.87. The molecule has 0 aliphatic rings. The van der Waals surface area contributed by atoms with E-state index in [-0.39, 0.29) is 12.0 Å². The fourth-order valence-electron chi connectivity index (χ4n) is 2.47. The predicted molar refractivity (Wildman–Crippen MR) is 88.6 cm³/mol. The van der Waals surface area contributed by atoms with E-state index < -0.39 is 5.97 Å². The molecule has 5 heteroatoms. The number of carboxylic acids is 1. The second-order valence-corrected chi connectivity index (χ2v) is 5.98. The van der Waals surface area contributed by atoms with Gasteiger partial charge in [-0.15, -0.1) is 0 Å². The van der Waals surface area contributed by atoms with E-state index in [1.54, 1.807) is 10.6 Å². The first-order valence-electron chi connectivity index (χ1n) is 7.45. The first kappa shape index (κ1) is 16.1. The molecule has 0 saturated carbocycles. The molecule has 1 N–H and O–H groups in total. The quantitative estimate of drug-likeness (QED) is 0.891. The zero-order chi connectivity index (χ0) is 16.3. The Morgan fingerprint density at radius 1 is 1.27 bits per heavy atom. The Balaban J connectivity index is 2.37. The summed E-state index contributed by atoms with van der Waals surface area (Å²) in [5.74, 6) is -0.417. The number of pyridine rings is 1. The minimum atomic E-state index is -0.807. The average Bonchev–Trinajstić information content (AvgIpc) is 2.47. The third-order valence-electron chi connectivity index (χ3n) is 3.62. The maximum atomic E-state index is 12.1. The van der Waals surface area contributed by atoms with Gasteiger partial charge in [-0.3, -0.25) is 9.59 Å². The standard InChI is InChI=1S/C17H22N2O3/c1-12(2)11-19-15-6-5-14(18(3)9-8-17(21)22)10-13(15)4-7-16(19)20/h4-7,10,12H,8-9,11H2,1-3H3,(H,21,22).